The number of halogens is 1. The SMILES string of the molecule is COC(=O)c1cc(OC2CCCCC2)cc(-c2ncc(C)s2)c1F. The molecule has 0 radical (unpaired) electrons. The second kappa shape index (κ2) is 7.30. The summed E-state index contributed by atoms with van der Waals surface area (Å²) in [6, 6.07) is 3.06. The predicted octanol–water partition coefficient (Wildman–Crippen LogP) is 4.76. The first-order valence-electron chi connectivity index (χ1n) is 8.10. The Morgan fingerprint density at radius 3 is 2.67 bits per heavy atom. The number of ether oxygens (including phenoxy) is 2. The Morgan fingerprint density at radius 2 is 2.04 bits per heavy atom. The zero-order valence-electron chi connectivity index (χ0n) is 13.8. The number of carbonyl (C=O) groups is 1. The quantitative estimate of drug-likeness (QED) is 0.747. The van der Waals surface area contributed by atoms with Crippen LogP contribution in [0.3, 0.4) is 0 Å². The summed E-state index contributed by atoms with van der Waals surface area (Å²) in [4.78, 5) is 17.1. The molecule has 4 nitrogen and oxygen atoms in total. The molecule has 6 heteroatoms. The van der Waals surface area contributed by atoms with E-state index in [-0.39, 0.29) is 17.2 Å². The third-order valence-electron chi connectivity index (χ3n) is 4.16. The standard InChI is InChI=1S/C18H20FNO3S/c1-11-10-20-17(24-11)14-8-13(23-12-6-4-3-5-7-12)9-15(16(14)19)18(21)22-2/h8-10,12H,3-7H2,1-2H3. The minimum absolute atomic E-state index is 0.112. The van der Waals surface area contributed by atoms with Crippen molar-refractivity contribution in [1.29, 1.82) is 0 Å². The fraction of sp³-hybridized carbons (Fsp3) is 0.444. The van der Waals surface area contributed by atoms with Crippen LogP contribution in [0.4, 0.5) is 4.39 Å². The number of hydrogen-bond donors (Lipinski definition) is 0. The molecule has 0 aliphatic heterocycles. The van der Waals surface area contributed by atoms with Crippen LogP contribution >= 0.6 is 11.3 Å². The average molecular weight is 349 g/mol. The third kappa shape index (κ3) is 3.59. The molecule has 0 atom stereocenters. The van der Waals surface area contributed by atoms with Crippen LogP contribution in [0.25, 0.3) is 10.6 Å². The number of hydrogen-bond acceptors (Lipinski definition) is 5. The van der Waals surface area contributed by atoms with Gasteiger partial charge in [-0.2, -0.15) is 0 Å². The molecule has 1 aliphatic rings. The van der Waals surface area contributed by atoms with E-state index < -0.39 is 11.8 Å². The van der Waals surface area contributed by atoms with Gasteiger partial charge < -0.3 is 9.47 Å². The lowest BCUT2D eigenvalue weighted by Gasteiger charge is -2.23. The molecule has 2 aromatic rings. The number of methoxy groups -OCH3 is 1. The van der Waals surface area contributed by atoms with Crippen LogP contribution in [0.2, 0.25) is 0 Å². The van der Waals surface area contributed by atoms with Gasteiger partial charge in [-0.3, -0.25) is 0 Å². The van der Waals surface area contributed by atoms with Gasteiger partial charge in [0.2, 0.25) is 0 Å². The van der Waals surface area contributed by atoms with Crippen molar-refractivity contribution in [2.45, 2.75) is 45.1 Å². The van der Waals surface area contributed by atoms with E-state index in [1.807, 2.05) is 6.92 Å². The molecule has 1 aromatic heterocycles. The second-order valence-corrected chi connectivity index (χ2v) is 7.21. The summed E-state index contributed by atoms with van der Waals surface area (Å²) < 4.78 is 25.5. The van der Waals surface area contributed by atoms with Crippen LogP contribution < -0.4 is 4.74 Å². The van der Waals surface area contributed by atoms with Gasteiger partial charge in [0.25, 0.3) is 0 Å². The van der Waals surface area contributed by atoms with Gasteiger partial charge in [-0.05, 0) is 44.7 Å². The molecule has 0 amide bonds. The topological polar surface area (TPSA) is 48.4 Å². The lowest BCUT2D eigenvalue weighted by Crippen LogP contribution is -2.20. The summed E-state index contributed by atoms with van der Waals surface area (Å²) in [6.07, 6.45) is 7.25. The largest absolute Gasteiger partial charge is 0.490 e. The van der Waals surface area contributed by atoms with Gasteiger partial charge in [0.1, 0.15) is 16.6 Å². The minimum atomic E-state index is -0.712. The van der Waals surface area contributed by atoms with Crippen molar-refractivity contribution >= 4 is 17.3 Å². The molecular formula is C18H20FNO3S. The first kappa shape index (κ1) is 16.9. The third-order valence-corrected chi connectivity index (χ3v) is 5.10. The Morgan fingerprint density at radius 1 is 1.29 bits per heavy atom. The van der Waals surface area contributed by atoms with E-state index in [9.17, 15) is 9.18 Å². The Balaban J connectivity index is 2.00. The zero-order chi connectivity index (χ0) is 17.1. The fourth-order valence-electron chi connectivity index (χ4n) is 2.93. The molecule has 1 aliphatic carbocycles. The number of nitrogens with zero attached hydrogens (tertiary/aromatic N) is 1. The summed E-state index contributed by atoms with van der Waals surface area (Å²) in [5, 5.41) is 0.532. The summed E-state index contributed by atoms with van der Waals surface area (Å²) in [5.74, 6) is -0.838. The highest BCUT2D eigenvalue weighted by Gasteiger charge is 2.22. The van der Waals surface area contributed by atoms with E-state index >= 15 is 0 Å². The van der Waals surface area contributed by atoms with E-state index in [1.54, 1.807) is 12.3 Å². The second-order valence-electron chi connectivity index (χ2n) is 5.98. The maximum atomic E-state index is 14.8. The first-order chi connectivity index (χ1) is 11.6. The lowest BCUT2D eigenvalue weighted by atomic mass is 9.97. The number of rotatable bonds is 4. The molecule has 1 fully saturated rings. The molecule has 1 aromatic carbocycles. The van der Waals surface area contributed by atoms with E-state index in [2.05, 4.69) is 4.98 Å². The molecule has 0 spiro atoms. The van der Waals surface area contributed by atoms with Crippen LogP contribution in [0, 0.1) is 12.7 Å². The number of esters is 1. The van der Waals surface area contributed by atoms with Crippen LogP contribution in [-0.2, 0) is 4.74 Å². The number of thiazole rings is 1. The Labute approximate surface area is 144 Å². The van der Waals surface area contributed by atoms with Crippen molar-refractivity contribution in [2.24, 2.45) is 0 Å². The van der Waals surface area contributed by atoms with Crippen LogP contribution in [0.5, 0.6) is 5.75 Å². The molecule has 1 saturated carbocycles. The molecule has 0 bridgehead atoms. The molecule has 3 rings (SSSR count). The van der Waals surface area contributed by atoms with Crippen molar-refractivity contribution in [1.82, 2.24) is 4.98 Å². The molecule has 0 N–H and O–H groups in total. The molecule has 0 saturated heterocycles. The van der Waals surface area contributed by atoms with Crippen molar-refractivity contribution in [3.8, 4) is 16.3 Å². The number of aromatic nitrogens is 1. The molecule has 128 valence electrons. The van der Waals surface area contributed by atoms with Crippen LogP contribution in [-0.4, -0.2) is 24.2 Å². The van der Waals surface area contributed by atoms with Gasteiger partial charge in [0, 0.05) is 11.1 Å². The first-order valence-corrected chi connectivity index (χ1v) is 8.91. The van der Waals surface area contributed by atoms with Crippen molar-refractivity contribution in [3.05, 3.63) is 34.6 Å². The number of carbonyl (C=O) groups excluding carboxylic acids is 1. The summed E-state index contributed by atoms with van der Waals surface area (Å²) >= 11 is 1.38. The van der Waals surface area contributed by atoms with Gasteiger partial charge in [-0.1, -0.05) is 6.42 Å². The van der Waals surface area contributed by atoms with Crippen LogP contribution in [0.1, 0.15) is 47.3 Å². The lowest BCUT2D eigenvalue weighted by molar-refractivity contribution is 0.0594. The Kier molecular flexibility index (Phi) is 5.14. The number of aryl methyl sites for hydroxylation is 1. The van der Waals surface area contributed by atoms with Gasteiger partial charge in [-0.15, -0.1) is 11.3 Å². The minimum Gasteiger partial charge on any atom is -0.490 e. The van der Waals surface area contributed by atoms with Gasteiger partial charge in [-0.25, -0.2) is 14.2 Å². The Hall–Kier alpha value is -1.95. The van der Waals surface area contributed by atoms with E-state index in [4.69, 9.17) is 9.47 Å². The highest BCUT2D eigenvalue weighted by Crippen LogP contribution is 2.34. The monoisotopic (exact) mass is 349 g/mol. The molecule has 24 heavy (non-hydrogen) atoms. The summed E-state index contributed by atoms with van der Waals surface area (Å²) in [6.45, 7) is 1.91. The fourth-order valence-corrected chi connectivity index (χ4v) is 3.71. The molecular weight excluding hydrogens is 329 g/mol. The Bertz CT molecular complexity index is 738. The van der Waals surface area contributed by atoms with Crippen molar-refractivity contribution in [3.63, 3.8) is 0 Å². The normalized spacial score (nSPS) is 15.3. The van der Waals surface area contributed by atoms with E-state index in [0.717, 1.165) is 30.6 Å². The van der Waals surface area contributed by atoms with Gasteiger partial charge in [0.05, 0.1) is 24.3 Å². The van der Waals surface area contributed by atoms with E-state index in [0.29, 0.717) is 10.8 Å². The van der Waals surface area contributed by atoms with E-state index in [1.165, 1.54) is 30.9 Å². The highest BCUT2D eigenvalue weighted by atomic mass is 32.1. The van der Waals surface area contributed by atoms with Crippen LogP contribution in [0.15, 0.2) is 18.3 Å². The predicted molar refractivity (Wildman–Crippen MR) is 91.1 cm³/mol. The number of benzene rings is 1. The summed E-state index contributed by atoms with van der Waals surface area (Å²) in [7, 11) is 1.24. The molecule has 0 unspecified atom stereocenters. The zero-order valence-corrected chi connectivity index (χ0v) is 14.6. The maximum Gasteiger partial charge on any atom is 0.341 e. The average Bonchev–Trinajstić information content (AvgIpc) is 3.02. The highest BCUT2D eigenvalue weighted by molar-refractivity contribution is 7.14. The smallest absolute Gasteiger partial charge is 0.341 e. The maximum absolute atomic E-state index is 14.8. The van der Waals surface area contributed by atoms with Crippen molar-refractivity contribution < 1.29 is 18.7 Å². The van der Waals surface area contributed by atoms with Crippen molar-refractivity contribution in [2.75, 3.05) is 7.11 Å². The molecule has 1 heterocycles. The van der Waals surface area contributed by atoms with Gasteiger partial charge >= 0.3 is 5.97 Å². The summed E-state index contributed by atoms with van der Waals surface area (Å²) in [5.41, 5.74) is 0.162. The van der Waals surface area contributed by atoms with Gasteiger partial charge in [0.15, 0.2) is 0 Å².